The van der Waals surface area contributed by atoms with E-state index in [-0.39, 0.29) is 0 Å². The first kappa shape index (κ1) is 21.5. The maximum atomic E-state index is 12.5. The zero-order valence-corrected chi connectivity index (χ0v) is 18.5. The molecule has 0 bridgehead atoms. The van der Waals surface area contributed by atoms with E-state index in [1.807, 2.05) is 30.3 Å². The third-order valence-corrected chi connectivity index (χ3v) is 7.30. The summed E-state index contributed by atoms with van der Waals surface area (Å²) in [6, 6.07) is 19.3. The molecule has 0 radical (unpaired) electrons. The standard InChI is InChI=1S/C22H26N2O3S2/c1-23(2)29(25,26)21-11-6-8-18(14-21)15-24(17-20-10-7-13-28-20)16-19-9-4-5-12-22(19)27-3/h4-14H,15-17H2,1-3H3. The molecular formula is C22H26N2O3S2. The van der Waals surface area contributed by atoms with E-state index in [2.05, 4.69) is 22.4 Å². The highest BCUT2D eigenvalue weighted by molar-refractivity contribution is 7.89. The predicted molar refractivity (Wildman–Crippen MR) is 118 cm³/mol. The van der Waals surface area contributed by atoms with Crippen molar-refractivity contribution in [1.29, 1.82) is 0 Å². The first-order valence-corrected chi connectivity index (χ1v) is 11.6. The van der Waals surface area contributed by atoms with E-state index in [0.29, 0.717) is 18.0 Å². The minimum absolute atomic E-state index is 0.313. The van der Waals surface area contributed by atoms with E-state index in [9.17, 15) is 8.42 Å². The predicted octanol–water partition coefficient (Wildman–Crippen LogP) is 4.21. The SMILES string of the molecule is COc1ccccc1CN(Cc1cccc(S(=O)(=O)N(C)C)c1)Cc1cccs1. The molecule has 2 aromatic carbocycles. The molecule has 1 aromatic heterocycles. The number of methoxy groups -OCH3 is 1. The van der Waals surface area contributed by atoms with Gasteiger partial charge in [0, 0.05) is 44.2 Å². The van der Waals surface area contributed by atoms with Gasteiger partial charge in [-0.1, -0.05) is 36.4 Å². The molecule has 0 aliphatic heterocycles. The normalized spacial score (nSPS) is 11.9. The zero-order valence-electron chi connectivity index (χ0n) is 16.9. The number of benzene rings is 2. The van der Waals surface area contributed by atoms with Gasteiger partial charge in [-0.25, -0.2) is 12.7 Å². The van der Waals surface area contributed by atoms with Crippen molar-refractivity contribution in [2.45, 2.75) is 24.5 Å². The molecule has 0 aliphatic rings. The van der Waals surface area contributed by atoms with Crippen LogP contribution in [-0.4, -0.2) is 38.8 Å². The lowest BCUT2D eigenvalue weighted by Gasteiger charge is -2.23. The highest BCUT2D eigenvalue weighted by Gasteiger charge is 2.18. The van der Waals surface area contributed by atoms with Gasteiger partial charge in [-0.3, -0.25) is 4.90 Å². The molecule has 29 heavy (non-hydrogen) atoms. The number of nitrogens with zero attached hydrogens (tertiary/aromatic N) is 2. The molecular weight excluding hydrogens is 404 g/mol. The van der Waals surface area contributed by atoms with E-state index in [1.165, 1.54) is 9.18 Å². The largest absolute Gasteiger partial charge is 0.496 e. The van der Waals surface area contributed by atoms with Crippen LogP contribution in [0, 0.1) is 0 Å². The van der Waals surface area contributed by atoms with Gasteiger partial charge in [0.05, 0.1) is 12.0 Å². The van der Waals surface area contributed by atoms with Crippen LogP contribution in [0.4, 0.5) is 0 Å². The number of hydrogen-bond acceptors (Lipinski definition) is 5. The van der Waals surface area contributed by atoms with Crippen molar-refractivity contribution in [3.05, 3.63) is 82.0 Å². The Balaban J connectivity index is 1.87. The molecule has 0 fully saturated rings. The highest BCUT2D eigenvalue weighted by Crippen LogP contribution is 2.24. The summed E-state index contributed by atoms with van der Waals surface area (Å²) in [6.07, 6.45) is 0. The summed E-state index contributed by atoms with van der Waals surface area (Å²) in [5.41, 5.74) is 2.06. The van der Waals surface area contributed by atoms with Crippen LogP contribution in [0.3, 0.4) is 0 Å². The Bertz CT molecular complexity index is 1030. The van der Waals surface area contributed by atoms with Crippen molar-refractivity contribution < 1.29 is 13.2 Å². The minimum Gasteiger partial charge on any atom is -0.496 e. The molecule has 5 nitrogen and oxygen atoms in total. The van der Waals surface area contributed by atoms with Crippen molar-refractivity contribution in [3.8, 4) is 5.75 Å². The Morgan fingerprint density at radius 1 is 0.931 bits per heavy atom. The fourth-order valence-electron chi connectivity index (χ4n) is 3.14. The molecule has 0 saturated carbocycles. The van der Waals surface area contributed by atoms with Crippen LogP contribution in [0.15, 0.2) is 70.9 Å². The summed E-state index contributed by atoms with van der Waals surface area (Å²) >= 11 is 1.72. The van der Waals surface area contributed by atoms with E-state index in [1.54, 1.807) is 50.7 Å². The van der Waals surface area contributed by atoms with E-state index < -0.39 is 10.0 Å². The molecule has 0 spiro atoms. The topological polar surface area (TPSA) is 49.9 Å². The zero-order chi connectivity index (χ0) is 20.9. The van der Waals surface area contributed by atoms with Crippen LogP contribution in [0.25, 0.3) is 0 Å². The number of sulfonamides is 1. The van der Waals surface area contributed by atoms with Crippen LogP contribution >= 0.6 is 11.3 Å². The van der Waals surface area contributed by atoms with Crippen molar-refractivity contribution >= 4 is 21.4 Å². The number of ether oxygens (including phenoxy) is 1. The third-order valence-electron chi connectivity index (χ3n) is 4.63. The maximum Gasteiger partial charge on any atom is 0.242 e. The van der Waals surface area contributed by atoms with Gasteiger partial charge >= 0.3 is 0 Å². The molecule has 0 saturated heterocycles. The average Bonchev–Trinajstić information content (AvgIpc) is 3.21. The molecule has 3 aromatic rings. The quantitative estimate of drug-likeness (QED) is 0.510. The maximum absolute atomic E-state index is 12.5. The molecule has 0 amide bonds. The Morgan fingerprint density at radius 2 is 1.72 bits per heavy atom. The van der Waals surface area contributed by atoms with Crippen molar-refractivity contribution in [2.75, 3.05) is 21.2 Å². The smallest absolute Gasteiger partial charge is 0.242 e. The Morgan fingerprint density at radius 3 is 2.41 bits per heavy atom. The molecule has 1 heterocycles. The monoisotopic (exact) mass is 430 g/mol. The van der Waals surface area contributed by atoms with Crippen molar-refractivity contribution in [2.24, 2.45) is 0 Å². The van der Waals surface area contributed by atoms with Gasteiger partial charge in [0.25, 0.3) is 0 Å². The second kappa shape index (κ2) is 9.54. The lowest BCUT2D eigenvalue weighted by atomic mass is 10.1. The summed E-state index contributed by atoms with van der Waals surface area (Å²) in [6.45, 7) is 2.11. The highest BCUT2D eigenvalue weighted by atomic mass is 32.2. The summed E-state index contributed by atoms with van der Waals surface area (Å²) in [7, 11) is 1.32. The summed E-state index contributed by atoms with van der Waals surface area (Å²) < 4.78 is 31.7. The van der Waals surface area contributed by atoms with Gasteiger partial charge in [0.15, 0.2) is 0 Å². The number of hydrogen-bond donors (Lipinski definition) is 0. The summed E-state index contributed by atoms with van der Waals surface area (Å²) in [5.74, 6) is 0.854. The first-order valence-electron chi connectivity index (χ1n) is 9.28. The Labute approximate surface area is 177 Å². The van der Waals surface area contributed by atoms with Gasteiger partial charge in [-0.05, 0) is 35.2 Å². The van der Waals surface area contributed by atoms with Crippen LogP contribution in [-0.2, 0) is 29.7 Å². The van der Waals surface area contributed by atoms with Crippen LogP contribution in [0.1, 0.15) is 16.0 Å². The average molecular weight is 431 g/mol. The van der Waals surface area contributed by atoms with E-state index in [4.69, 9.17) is 4.74 Å². The second-order valence-electron chi connectivity index (χ2n) is 6.97. The van der Waals surface area contributed by atoms with Crippen LogP contribution < -0.4 is 4.74 Å². The first-order chi connectivity index (χ1) is 13.9. The summed E-state index contributed by atoms with van der Waals surface area (Å²) in [5, 5.41) is 2.07. The summed E-state index contributed by atoms with van der Waals surface area (Å²) in [4.78, 5) is 3.87. The minimum atomic E-state index is -3.46. The van der Waals surface area contributed by atoms with Gasteiger partial charge in [0.1, 0.15) is 5.75 Å². The fraction of sp³-hybridized carbons (Fsp3) is 0.273. The van der Waals surface area contributed by atoms with E-state index in [0.717, 1.165) is 23.4 Å². The lowest BCUT2D eigenvalue weighted by molar-refractivity contribution is 0.245. The van der Waals surface area contributed by atoms with Gasteiger partial charge < -0.3 is 4.74 Å². The van der Waals surface area contributed by atoms with Crippen molar-refractivity contribution in [1.82, 2.24) is 9.21 Å². The number of rotatable bonds is 9. The number of para-hydroxylation sites is 1. The molecule has 7 heteroatoms. The molecule has 154 valence electrons. The van der Waals surface area contributed by atoms with Crippen LogP contribution in [0.2, 0.25) is 0 Å². The fourth-order valence-corrected chi connectivity index (χ4v) is 4.86. The van der Waals surface area contributed by atoms with Gasteiger partial charge in [-0.2, -0.15) is 0 Å². The molecule has 0 aliphatic carbocycles. The van der Waals surface area contributed by atoms with E-state index >= 15 is 0 Å². The van der Waals surface area contributed by atoms with Gasteiger partial charge in [-0.15, -0.1) is 11.3 Å². The number of thiophene rings is 1. The van der Waals surface area contributed by atoms with Crippen LogP contribution in [0.5, 0.6) is 5.75 Å². The Hall–Kier alpha value is -2.19. The molecule has 0 atom stereocenters. The molecule has 0 unspecified atom stereocenters. The lowest BCUT2D eigenvalue weighted by Crippen LogP contribution is -2.24. The molecule has 3 rings (SSSR count). The molecule has 0 N–H and O–H groups in total. The van der Waals surface area contributed by atoms with Crippen molar-refractivity contribution in [3.63, 3.8) is 0 Å². The second-order valence-corrected chi connectivity index (χ2v) is 10.2. The Kier molecular flexibility index (Phi) is 7.08. The third kappa shape index (κ3) is 5.45. The van der Waals surface area contributed by atoms with Gasteiger partial charge in [0.2, 0.25) is 10.0 Å².